The van der Waals surface area contributed by atoms with Crippen LogP contribution in [0.4, 0.5) is 17.3 Å². The zero-order valence-electron chi connectivity index (χ0n) is 21.6. The lowest BCUT2D eigenvalue weighted by Crippen LogP contribution is -2.36. The van der Waals surface area contributed by atoms with Crippen molar-refractivity contribution in [1.82, 2.24) is 20.2 Å². The van der Waals surface area contributed by atoms with E-state index in [1.165, 1.54) is 5.69 Å². The first-order valence-corrected chi connectivity index (χ1v) is 13.3. The van der Waals surface area contributed by atoms with Gasteiger partial charge in [0.1, 0.15) is 6.54 Å². The van der Waals surface area contributed by atoms with E-state index in [1.54, 1.807) is 18.3 Å². The highest BCUT2D eigenvalue weighted by atomic mass is 16.6. The van der Waals surface area contributed by atoms with E-state index in [1.807, 2.05) is 24.3 Å². The molecular formula is C29H31N7O3. The first-order chi connectivity index (χ1) is 19.2. The monoisotopic (exact) mass is 525 g/mol. The van der Waals surface area contributed by atoms with Crippen LogP contribution in [0, 0.1) is 11.3 Å². The SMILES string of the molecule is N#CCNC(=O)c1ccc(-c2ccnc(Nc3ccc(N4CCC(N5CC6OCCOC6C5)C4)cc3)n2)cc1. The van der Waals surface area contributed by atoms with Crippen LogP contribution < -0.4 is 15.5 Å². The highest BCUT2D eigenvalue weighted by molar-refractivity contribution is 5.94. The fourth-order valence-corrected chi connectivity index (χ4v) is 5.54. The summed E-state index contributed by atoms with van der Waals surface area (Å²) in [6, 6.07) is 19.8. The van der Waals surface area contributed by atoms with Crippen molar-refractivity contribution in [2.75, 3.05) is 56.2 Å². The topological polar surface area (TPSA) is 116 Å². The van der Waals surface area contributed by atoms with Crippen LogP contribution in [-0.4, -0.2) is 85.0 Å². The quantitative estimate of drug-likeness (QED) is 0.449. The van der Waals surface area contributed by atoms with Crippen molar-refractivity contribution in [3.05, 3.63) is 66.4 Å². The minimum absolute atomic E-state index is 0.0217. The smallest absolute Gasteiger partial charge is 0.252 e. The second-order valence-corrected chi connectivity index (χ2v) is 10.0. The Kier molecular flexibility index (Phi) is 7.36. The fourth-order valence-electron chi connectivity index (χ4n) is 5.54. The van der Waals surface area contributed by atoms with Crippen LogP contribution in [0.25, 0.3) is 11.3 Å². The maximum absolute atomic E-state index is 12.0. The highest BCUT2D eigenvalue weighted by Crippen LogP contribution is 2.29. The molecule has 1 aromatic heterocycles. The van der Waals surface area contributed by atoms with Crippen molar-refractivity contribution in [3.8, 4) is 17.3 Å². The van der Waals surface area contributed by atoms with Gasteiger partial charge in [-0.05, 0) is 48.9 Å². The molecule has 0 radical (unpaired) electrons. The zero-order valence-corrected chi connectivity index (χ0v) is 21.6. The second kappa shape index (κ2) is 11.4. The lowest BCUT2D eigenvalue weighted by atomic mass is 10.1. The molecule has 3 unspecified atom stereocenters. The van der Waals surface area contributed by atoms with Gasteiger partial charge in [-0.25, -0.2) is 9.97 Å². The van der Waals surface area contributed by atoms with Gasteiger partial charge >= 0.3 is 0 Å². The number of ether oxygens (including phenoxy) is 2. The number of carbonyl (C=O) groups excluding carboxylic acids is 1. The normalized spacial score (nSPS) is 22.7. The molecule has 3 aliphatic rings. The summed E-state index contributed by atoms with van der Waals surface area (Å²) in [5, 5.41) is 14.5. The maximum Gasteiger partial charge on any atom is 0.252 e. The maximum atomic E-state index is 12.0. The molecule has 3 atom stereocenters. The molecule has 1 amide bonds. The van der Waals surface area contributed by atoms with Crippen molar-refractivity contribution >= 4 is 23.2 Å². The van der Waals surface area contributed by atoms with Crippen LogP contribution >= 0.6 is 0 Å². The van der Waals surface area contributed by atoms with E-state index in [0.29, 0.717) is 30.8 Å². The van der Waals surface area contributed by atoms with Gasteiger partial charge in [-0.15, -0.1) is 0 Å². The highest BCUT2D eigenvalue weighted by Gasteiger charge is 2.41. The molecule has 2 aromatic carbocycles. The molecule has 10 nitrogen and oxygen atoms in total. The number of nitrogens with one attached hydrogen (secondary N) is 2. The Morgan fingerprint density at radius 3 is 2.46 bits per heavy atom. The van der Waals surface area contributed by atoms with E-state index >= 15 is 0 Å². The van der Waals surface area contributed by atoms with E-state index in [0.717, 1.165) is 49.5 Å². The molecule has 2 N–H and O–H groups in total. The molecule has 4 heterocycles. The molecular weight excluding hydrogens is 494 g/mol. The van der Waals surface area contributed by atoms with Crippen LogP contribution in [0.3, 0.4) is 0 Å². The number of anilines is 3. The molecule has 3 aliphatic heterocycles. The summed E-state index contributed by atoms with van der Waals surface area (Å²) < 4.78 is 11.8. The Morgan fingerprint density at radius 1 is 1.00 bits per heavy atom. The number of rotatable bonds is 7. The summed E-state index contributed by atoms with van der Waals surface area (Å²) in [6.45, 7) is 5.37. The van der Waals surface area contributed by atoms with E-state index in [4.69, 9.17) is 14.7 Å². The van der Waals surface area contributed by atoms with Gasteiger partial charge in [0.25, 0.3) is 5.91 Å². The molecule has 0 saturated carbocycles. The predicted molar refractivity (Wildman–Crippen MR) is 147 cm³/mol. The molecule has 39 heavy (non-hydrogen) atoms. The van der Waals surface area contributed by atoms with Crippen LogP contribution in [0.15, 0.2) is 60.8 Å². The van der Waals surface area contributed by atoms with Gasteiger partial charge in [0.15, 0.2) is 0 Å². The van der Waals surface area contributed by atoms with Crippen molar-refractivity contribution in [3.63, 3.8) is 0 Å². The van der Waals surface area contributed by atoms with Gasteiger partial charge in [0.2, 0.25) is 5.95 Å². The number of hydrogen-bond donors (Lipinski definition) is 2. The minimum Gasteiger partial charge on any atom is -0.372 e. The number of benzene rings is 2. The fraction of sp³-hybridized carbons (Fsp3) is 0.379. The molecule has 3 fully saturated rings. The second-order valence-electron chi connectivity index (χ2n) is 10.0. The molecule has 6 rings (SSSR count). The summed E-state index contributed by atoms with van der Waals surface area (Å²) in [5.41, 5.74) is 4.22. The first-order valence-electron chi connectivity index (χ1n) is 13.3. The molecule has 200 valence electrons. The van der Waals surface area contributed by atoms with Gasteiger partial charge in [-0.1, -0.05) is 12.1 Å². The number of hydrogen-bond acceptors (Lipinski definition) is 9. The van der Waals surface area contributed by atoms with Crippen LogP contribution in [0.5, 0.6) is 0 Å². The third kappa shape index (κ3) is 5.71. The van der Waals surface area contributed by atoms with Crippen LogP contribution in [-0.2, 0) is 9.47 Å². The molecule has 3 saturated heterocycles. The Labute approximate surface area is 227 Å². The van der Waals surface area contributed by atoms with Crippen LogP contribution in [0.1, 0.15) is 16.8 Å². The summed E-state index contributed by atoms with van der Waals surface area (Å²) in [5.74, 6) is 0.219. The van der Waals surface area contributed by atoms with Gasteiger partial charge in [0, 0.05) is 60.9 Å². The molecule has 0 spiro atoms. The minimum atomic E-state index is -0.279. The van der Waals surface area contributed by atoms with Crippen molar-refractivity contribution < 1.29 is 14.3 Å². The van der Waals surface area contributed by atoms with Crippen molar-refractivity contribution in [2.45, 2.75) is 24.7 Å². The summed E-state index contributed by atoms with van der Waals surface area (Å²) >= 11 is 0. The third-order valence-corrected chi connectivity index (χ3v) is 7.59. The summed E-state index contributed by atoms with van der Waals surface area (Å²) in [7, 11) is 0. The molecule has 10 heteroatoms. The summed E-state index contributed by atoms with van der Waals surface area (Å²) in [4.78, 5) is 26.0. The van der Waals surface area contributed by atoms with Gasteiger partial charge < -0.3 is 25.0 Å². The average Bonchev–Trinajstić information content (AvgIpc) is 3.64. The van der Waals surface area contributed by atoms with Gasteiger partial charge in [0.05, 0.1) is 37.2 Å². The Morgan fingerprint density at radius 2 is 1.74 bits per heavy atom. The Balaban J connectivity index is 1.05. The first kappa shape index (κ1) is 25.2. The van der Waals surface area contributed by atoms with Crippen molar-refractivity contribution in [2.24, 2.45) is 0 Å². The third-order valence-electron chi connectivity index (χ3n) is 7.59. The number of carbonyl (C=O) groups is 1. The molecule has 0 bridgehead atoms. The Hall–Kier alpha value is -4.04. The zero-order chi connectivity index (χ0) is 26.6. The van der Waals surface area contributed by atoms with E-state index in [-0.39, 0.29) is 24.7 Å². The number of likely N-dealkylation sites (tertiary alicyclic amines) is 1. The Bertz CT molecular complexity index is 1330. The number of aromatic nitrogens is 2. The van der Waals surface area contributed by atoms with Gasteiger partial charge in [-0.2, -0.15) is 5.26 Å². The van der Waals surface area contributed by atoms with Crippen LogP contribution in [0.2, 0.25) is 0 Å². The lowest BCUT2D eigenvalue weighted by molar-refractivity contribution is -0.116. The number of amides is 1. The average molecular weight is 526 g/mol. The van der Waals surface area contributed by atoms with E-state index in [2.05, 4.69) is 54.7 Å². The number of nitrogens with zero attached hydrogens (tertiary/aromatic N) is 5. The lowest BCUT2D eigenvalue weighted by Gasteiger charge is -2.24. The standard InChI is InChI=1S/C29H31N7O3/c30-11-13-31-28(37)21-3-1-20(2-4-21)25-9-12-32-29(34-25)33-22-5-7-23(8-6-22)35-14-10-24(17-35)36-18-26-27(19-36)39-16-15-38-26/h1-9,12,24,26-27H,10,13-19H2,(H,31,37)(H,32,33,34). The van der Waals surface area contributed by atoms with Crippen molar-refractivity contribution in [1.29, 1.82) is 5.26 Å². The molecule has 0 aliphatic carbocycles. The number of fused-ring (bicyclic) bond motifs is 1. The summed E-state index contributed by atoms with van der Waals surface area (Å²) in [6.07, 6.45) is 3.30. The predicted octanol–water partition coefficient (Wildman–Crippen LogP) is 2.82. The van der Waals surface area contributed by atoms with E-state index < -0.39 is 0 Å². The number of nitriles is 1. The largest absolute Gasteiger partial charge is 0.372 e. The van der Waals surface area contributed by atoms with Gasteiger partial charge in [-0.3, -0.25) is 9.69 Å². The molecule has 3 aromatic rings. The van der Waals surface area contributed by atoms with E-state index in [9.17, 15) is 4.79 Å².